The van der Waals surface area contributed by atoms with Gasteiger partial charge in [-0.05, 0) is 50.8 Å². The fourth-order valence-corrected chi connectivity index (χ4v) is 2.70. The van der Waals surface area contributed by atoms with Crippen LogP contribution >= 0.6 is 12.4 Å². The third-order valence-electron chi connectivity index (χ3n) is 3.46. The van der Waals surface area contributed by atoms with Crippen LogP contribution in [0, 0.1) is 11.3 Å². The fourth-order valence-electron chi connectivity index (χ4n) is 2.70. The second kappa shape index (κ2) is 6.01. The van der Waals surface area contributed by atoms with Crippen molar-refractivity contribution in [2.45, 2.75) is 51.3 Å². The zero-order chi connectivity index (χ0) is 14.2. The molecule has 0 fully saturated rings. The van der Waals surface area contributed by atoms with Gasteiger partial charge >= 0.3 is 0 Å². The van der Waals surface area contributed by atoms with Crippen molar-refractivity contribution in [3.8, 4) is 11.8 Å². The Morgan fingerprint density at radius 2 is 2.00 bits per heavy atom. The minimum Gasteiger partial charge on any atom is -0.507 e. The van der Waals surface area contributed by atoms with Crippen LogP contribution < -0.4 is 5.32 Å². The summed E-state index contributed by atoms with van der Waals surface area (Å²) in [5.41, 5.74) is 1.76. The van der Waals surface area contributed by atoms with Crippen LogP contribution in [0.15, 0.2) is 12.1 Å². The smallest absolute Gasteiger partial charge is 0.133 e. The first-order valence-electron chi connectivity index (χ1n) is 6.54. The standard InChI is InChI=1S/C15H20N2O2.ClH/c1-15(2,3)17-12-6-4-9-10(14(12)19)5-7-13(18)11(9)8-16;/h5,7,12,14,17-19H,4,6H2,1-3H3;1H/t12-,14-;/m1./s1. The van der Waals surface area contributed by atoms with Crippen molar-refractivity contribution in [1.29, 1.82) is 5.26 Å². The van der Waals surface area contributed by atoms with Crippen LogP contribution in [0.4, 0.5) is 0 Å². The van der Waals surface area contributed by atoms with Gasteiger partial charge in [-0.2, -0.15) is 5.26 Å². The Morgan fingerprint density at radius 3 is 2.55 bits per heavy atom. The van der Waals surface area contributed by atoms with E-state index >= 15 is 0 Å². The van der Waals surface area contributed by atoms with E-state index in [2.05, 4.69) is 26.1 Å². The molecule has 1 aliphatic carbocycles. The number of fused-ring (bicyclic) bond motifs is 1. The summed E-state index contributed by atoms with van der Waals surface area (Å²) in [6, 6.07) is 5.20. The summed E-state index contributed by atoms with van der Waals surface area (Å²) in [6.45, 7) is 6.19. The van der Waals surface area contributed by atoms with Gasteiger partial charge in [-0.25, -0.2) is 0 Å². The molecule has 2 atom stereocenters. The molecule has 0 amide bonds. The van der Waals surface area contributed by atoms with Gasteiger partial charge in [0.15, 0.2) is 0 Å². The first kappa shape index (κ1) is 16.8. The maximum atomic E-state index is 10.4. The van der Waals surface area contributed by atoms with Gasteiger partial charge in [-0.15, -0.1) is 12.4 Å². The largest absolute Gasteiger partial charge is 0.507 e. The van der Waals surface area contributed by atoms with Crippen LogP contribution in [0.2, 0.25) is 0 Å². The van der Waals surface area contributed by atoms with E-state index in [0.29, 0.717) is 12.0 Å². The van der Waals surface area contributed by atoms with E-state index < -0.39 is 6.10 Å². The number of phenolic OH excluding ortho intramolecular Hbond substituents is 1. The Morgan fingerprint density at radius 1 is 1.35 bits per heavy atom. The third-order valence-corrected chi connectivity index (χ3v) is 3.46. The number of rotatable bonds is 1. The first-order chi connectivity index (χ1) is 8.83. The minimum absolute atomic E-state index is 0. The van der Waals surface area contributed by atoms with E-state index in [-0.39, 0.29) is 29.7 Å². The highest BCUT2D eigenvalue weighted by Crippen LogP contribution is 2.35. The molecule has 5 heteroatoms. The predicted octanol–water partition coefficient (Wildman–Crippen LogP) is 2.42. The molecule has 1 aromatic rings. The molecule has 2 rings (SSSR count). The molecule has 0 unspecified atom stereocenters. The summed E-state index contributed by atoms with van der Waals surface area (Å²) in [6.07, 6.45) is 0.803. The molecule has 0 heterocycles. The normalized spacial score (nSPS) is 21.6. The highest BCUT2D eigenvalue weighted by Gasteiger charge is 2.32. The lowest BCUT2D eigenvalue weighted by atomic mass is 9.82. The van der Waals surface area contributed by atoms with E-state index in [1.807, 2.05) is 6.07 Å². The number of aliphatic hydroxyl groups excluding tert-OH is 1. The van der Waals surface area contributed by atoms with Crippen molar-refractivity contribution in [2.24, 2.45) is 0 Å². The molecule has 0 aliphatic heterocycles. The summed E-state index contributed by atoms with van der Waals surface area (Å²) in [5.74, 6) is -0.00400. The van der Waals surface area contributed by atoms with E-state index in [9.17, 15) is 10.2 Å². The Hall–Kier alpha value is -1.28. The van der Waals surface area contributed by atoms with Crippen molar-refractivity contribution >= 4 is 12.4 Å². The van der Waals surface area contributed by atoms with Gasteiger partial charge in [0.1, 0.15) is 11.8 Å². The summed E-state index contributed by atoms with van der Waals surface area (Å²) >= 11 is 0. The SMILES string of the molecule is CC(C)(C)N[C@@H]1CCc2c(ccc(O)c2C#N)[C@H]1O.Cl. The lowest BCUT2D eigenvalue weighted by Crippen LogP contribution is -2.48. The number of hydrogen-bond acceptors (Lipinski definition) is 4. The van der Waals surface area contributed by atoms with E-state index in [1.165, 1.54) is 6.07 Å². The molecule has 4 nitrogen and oxygen atoms in total. The summed E-state index contributed by atoms with van der Waals surface area (Å²) in [4.78, 5) is 0. The van der Waals surface area contributed by atoms with Gasteiger partial charge in [0.25, 0.3) is 0 Å². The van der Waals surface area contributed by atoms with Crippen LogP contribution in [0.25, 0.3) is 0 Å². The van der Waals surface area contributed by atoms with Crippen molar-refractivity contribution < 1.29 is 10.2 Å². The second-order valence-electron chi connectivity index (χ2n) is 6.12. The van der Waals surface area contributed by atoms with Crippen LogP contribution in [0.5, 0.6) is 5.75 Å². The Bertz CT molecular complexity index is 532. The molecule has 0 saturated carbocycles. The first-order valence-corrected chi connectivity index (χ1v) is 6.54. The zero-order valence-electron chi connectivity index (χ0n) is 12.0. The quantitative estimate of drug-likeness (QED) is 0.744. The van der Waals surface area contributed by atoms with Crippen molar-refractivity contribution in [1.82, 2.24) is 5.32 Å². The monoisotopic (exact) mass is 296 g/mol. The minimum atomic E-state index is -0.643. The van der Waals surface area contributed by atoms with Crippen LogP contribution in [0.1, 0.15) is 50.0 Å². The van der Waals surface area contributed by atoms with Gasteiger partial charge < -0.3 is 15.5 Å². The Balaban J connectivity index is 0.00000200. The average molecular weight is 297 g/mol. The van der Waals surface area contributed by atoms with Gasteiger partial charge in [0.2, 0.25) is 0 Å². The molecule has 0 saturated heterocycles. The number of benzene rings is 1. The van der Waals surface area contributed by atoms with Crippen LogP contribution in [0.3, 0.4) is 0 Å². The van der Waals surface area contributed by atoms with Crippen LogP contribution in [-0.4, -0.2) is 21.8 Å². The molecular formula is C15H21ClN2O2. The zero-order valence-corrected chi connectivity index (χ0v) is 12.8. The maximum absolute atomic E-state index is 10.4. The van der Waals surface area contributed by atoms with Gasteiger partial charge in [-0.3, -0.25) is 0 Å². The van der Waals surface area contributed by atoms with Crippen molar-refractivity contribution in [2.75, 3.05) is 0 Å². The summed E-state index contributed by atoms with van der Waals surface area (Å²) in [5, 5.41) is 32.6. The number of aromatic hydroxyl groups is 1. The summed E-state index contributed by atoms with van der Waals surface area (Å²) in [7, 11) is 0. The number of halogens is 1. The molecule has 0 radical (unpaired) electrons. The molecule has 3 N–H and O–H groups in total. The molecule has 20 heavy (non-hydrogen) atoms. The molecule has 110 valence electrons. The molecule has 0 bridgehead atoms. The van der Waals surface area contributed by atoms with E-state index in [0.717, 1.165) is 17.5 Å². The number of nitrogens with zero attached hydrogens (tertiary/aromatic N) is 1. The van der Waals surface area contributed by atoms with Crippen molar-refractivity contribution in [3.05, 3.63) is 28.8 Å². The molecule has 0 aromatic heterocycles. The third kappa shape index (κ3) is 3.24. The van der Waals surface area contributed by atoms with Crippen LogP contribution in [-0.2, 0) is 6.42 Å². The molecular weight excluding hydrogens is 276 g/mol. The highest BCUT2D eigenvalue weighted by molar-refractivity contribution is 5.85. The summed E-state index contributed by atoms with van der Waals surface area (Å²) < 4.78 is 0. The molecule has 1 aromatic carbocycles. The fraction of sp³-hybridized carbons (Fsp3) is 0.533. The number of phenols is 1. The molecule has 1 aliphatic rings. The van der Waals surface area contributed by atoms with Gasteiger partial charge in [0.05, 0.1) is 11.7 Å². The lowest BCUT2D eigenvalue weighted by molar-refractivity contribution is 0.0999. The topological polar surface area (TPSA) is 76.3 Å². The Kier molecular flexibility index (Phi) is 5.04. The van der Waals surface area contributed by atoms with Crippen molar-refractivity contribution in [3.63, 3.8) is 0 Å². The number of nitriles is 1. The second-order valence-corrected chi connectivity index (χ2v) is 6.12. The number of aliphatic hydroxyl groups is 1. The van der Waals surface area contributed by atoms with E-state index in [4.69, 9.17) is 5.26 Å². The number of nitrogens with one attached hydrogen (secondary N) is 1. The average Bonchev–Trinajstić information content (AvgIpc) is 2.31. The predicted molar refractivity (Wildman–Crippen MR) is 80.0 cm³/mol. The Labute approximate surface area is 125 Å². The van der Waals surface area contributed by atoms with E-state index in [1.54, 1.807) is 6.07 Å². The lowest BCUT2D eigenvalue weighted by Gasteiger charge is -2.36. The molecule has 0 spiro atoms. The highest BCUT2D eigenvalue weighted by atomic mass is 35.5. The number of hydrogen-bond donors (Lipinski definition) is 3. The maximum Gasteiger partial charge on any atom is 0.133 e. The van der Waals surface area contributed by atoms with Gasteiger partial charge in [0, 0.05) is 11.6 Å². The van der Waals surface area contributed by atoms with Gasteiger partial charge in [-0.1, -0.05) is 6.07 Å².